The van der Waals surface area contributed by atoms with Crippen molar-refractivity contribution in [2.24, 2.45) is 0 Å². The average molecular weight is 377 g/mol. The van der Waals surface area contributed by atoms with Crippen LogP contribution in [-0.2, 0) is 4.74 Å². The molecule has 1 saturated heterocycles. The van der Waals surface area contributed by atoms with Crippen LogP contribution in [-0.4, -0.2) is 81.0 Å². The van der Waals surface area contributed by atoms with Gasteiger partial charge < -0.3 is 30.9 Å². The summed E-state index contributed by atoms with van der Waals surface area (Å²) in [5.74, 6) is -1.21. The Bertz CT molecular complexity index is 1020. The van der Waals surface area contributed by atoms with Crippen molar-refractivity contribution in [1.82, 2.24) is 29.7 Å². The van der Waals surface area contributed by atoms with Crippen LogP contribution in [0.15, 0.2) is 12.5 Å². The van der Waals surface area contributed by atoms with Gasteiger partial charge in [-0.3, -0.25) is 9.67 Å². The average Bonchev–Trinajstić information content (AvgIpc) is 3.32. The van der Waals surface area contributed by atoms with E-state index in [2.05, 4.69) is 25.1 Å². The molecule has 1 aliphatic heterocycles. The van der Waals surface area contributed by atoms with Gasteiger partial charge in [-0.15, -0.1) is 0 Å². The van der Waals surface area contributed by atoms with E-state index in [-0.39, 0.29) is 34.1 Å². The summed E-state index contributed by atoms with van der Waals surface area (Å²) in [7, 11) is 0. The summed E-state index contributed by atoms with van der Waals surface area (Å²) in [5, 5.41) is 45.5. The van der Waals surface area contributed by atoms with Crippen LogP contribution in [0.3, 0.4) is 0 Å². The topological polar surface area (TPSA) is 206 Å². The lowest BCUT2D eigenvalue weighted by molar-refractivity contribution is -0.0503. The highest BCUT2D eigenvalue weighted by Crippen LogP contribution is 2.36. The molecule has 0 radical (unpaired) electrons. The third-order valence-corrected chi connectivity index (χ3v) is 4.37. The SMILES string of the molecule is Nc1ncnc2c1nc(-c1[nH]ncc1C(=O)O)n2[C@@H]1O[C@H](CO)[C@@H](O)[C@H]1O. The van der Waals surface area contributed by atoms with E-state index in [1.165, 1.54) is 10.9 Å². The first kappa shape index (κ1) is 17.3. The molecule has 0 unspecified atom stereocenters. The van der Waals surface area contributed by atoms with Crippen molar-refractivity contribution in [3.63, 3.8) is 0 Å². The van der Waals surface area contributed by atoms with Crippen LogP contribution in [0.4, 0.5) is 5.82 Å². The molecule has 4 rings (SSSR count). The maximum absolute atomic E-state index is 11.5. The maximum atomic E-state index is 11.5. The summed E-state index contributed by atoms with van der Waals surface area (Å²) < 4.78 is 6.85. The molecule has 142 valence electrons. The van der Waals surface area contributed by atoms with Gasteiger partial charge >= 0.3 is 5.97 Å². The van der Waals surface area contributed by atoms with Crippen molar-refractivity contribution >= 4 is 23.0 Å². The molecular formula is C14H15N7O6. The number of imidazole rings is 1. The largest absolute Gasteiger partial charge is 0.478 e. The number of carboxylic acid groups (broad SMARTS) is 1. The molecule has 0 aromatic carbocycles. The Morgan fingerprint density at radius 1 is 1.33 bits per heavy atom. The van der Waals surface area contributed by atoms with Gasteiger partial charge in [-0.2, -0.15) is 5.10 Å². The fourth-order valence-electron chi connectivity index (χ4n) is 3.06. The molecule has 1 fully saturated rings. The Labute approximate surface area is 150 Å². The van der Waals surface area contributed by atoms with Crippen LogP contribution in [0.25, 0.3) is 22.7 Å². The summed E-state index contributed by atoms with van der Waals surface area (Å²) in [6.45, 7) is -0.530. The van der Waals surface area contributed by atoms with Gasteiger partial charge in [0.2, 0.25) is 0 Å². The second kappa shape index (κ2) is 6.24. The number of nitrogens with zero attached hydrogens (tertiary/aromatic N) is 5. The molecule has 1 aliphatic rings. The standard InChI is InChI=1S/C14H15N7O6/c15-10-7-11(17-3-16-10)21(13-9(24)8(23)5(2-22)27-13)12(19-7)6-4(14(25)26)1-18-20-6/h1,3,5,8-9,13,22-24H,2H2,(H,18,20)(H,25,26)(H2,15,16,17)/t5-,8-,9-,13-/m1/s1. The second-order valence-corrected chi connectivity index (χ2v) is 5.93. The molecule has 0 saturated carbocycles. The zero-order chi connectivity index (χ0) is 19.3. The lowest BCUT2D eigenvalue weighted by atomic mass is 10.1. The number of carbonyl (C=O) groups is 1. The molecule has 3 aromatic heterocycles. The van der Waals surface area contributed by atoms with E-state index >= 15 is 0 Å². The van der Waals surface area contributed by atoms with Crippen LogP contribution in [0.5, 0.6) is 0 Å². The lowest BCUT2D eigenvalue weighted by Crippen LogP contribution is -2.33. The first-order chi connectivity index (χ1) is 12.9. The van der Waals surface area contributed by atoms with Crippen molar-refractivity contribution in [2.45, 2.75) is 24.5 Å². The second-order valence-electron chi connectivity index (χ2n) is 5.93. The van der Waals surface area contributed by atoms with Gasteiger partial charge in [-0.05, 0) is 0 Å². The van der Waals surface area contributed by atoms with E-state index in [0.29, 0.717) is 0 Å². The molecule has 27 heavy (non-hydrogen) atoms. The first-order valence-electron chi connectivity index (χ1n) is 7.82. The van der Waals surface area contributed by atoms with E-state index < -0.39 is 37.1 Å². The molecule has 3 aromatic rings. The maximum Gasteiger partial charge on any atom is 0.339 e. The Hall–Kier alpha value is -3.13. The number of nitrogens with two attached hydrogens (primary N) is 1. The molecule has 0 aliphatic carbocycles. The molecule has 0 amide bonds. The smallest absolute Gasteiger partial charge is 0.339 e. The molecule has 13 nitrogen and oxygen atoms in total. The zero-order valence-electron chi connectivity index (χ0n) is 13.6. The number of anilines is 1. The predicted molar refractivity (Wildman–Crippen MR) is 87.3 cm³/mol. The Morgan fingerprint density at radius 2 is 2.11 bits per heavy atom. The van der Waals surface area contributed by atoms with Crippen molar-refractivity contribution in [3.05, 3.63) is 18.1 Å². The molecular weight excluding hydrogens is 362 g/mol. The van der Waals surface area contributed by atoms with Gasteiger partial charge in [0.25, 0.3) is 0 Å². The molecule has 4 atom stereocenters. The van der Waals surface area contributed by atoms with Crippen LogP contribution >= 0.6 is 0 Å². The van der Waals surface area contributed by atoms with Gasteiger partial charge in [-0.25, -0.2) is 19.7 Å². The number of ether oxygens (including phenoxy) is 1. The Balaban J connectivity index is 1.97. The number of aromatic amines is 1. The number of aliphatic hydroxyl groups excluding tert-OH is 3. The highest BCUT2D eigenvalue weighted by Gasteiger charge is 2.45. The van der Waals surface area contributed by atoms with Crippen LogP contribution in [0.2, 0.25) is 0 Å². The summed E-state index contributed by atoms with van der Waals surface area (Å²) >= 11 is 0. The van der Waals surface area contributed by atoms with Crippen molar-refractivity contribution < 1.29 is 30.0 Å². The third kappa shape index (κ3) is 2.52. The van der Waals surface area contributed by atoms with E-state index in [1.54, 1.807) is 0 Å². The quantitative estimate of drug-likeness (QED) is 0.296. The fraction of sp³-hybridized carbons (Fsp3) is 0.357. The number of hydrogen-bond acceptors (Lipinski definition) is 10. The highest BCUT2D eigenvalue weighted by molar-refractivity contribution is 5.95. The molecule has 13 heteroatoms. The number of nitrogen functional groups attached to an aromatic ring is 1. The predicted octanol–water partition coefficient (Wildman–Crippen LogP) is -1.89. The summed E-state index contributed by atoms with van der Waals surface area (Å²) in [5.41, 5.74) is 5.99. The van der Waals surface area contributed by atoms with Gasteiger partial charge in [-0.1, -0.05) is 0 Å². The Morgan fingerprint density at radius 3 is 2.78 bits per heavy atom. The molecule has 4 heterocycles. The van der Waals surface area contributed by atoms with Gasteiger partial charge in [0.05, 0.1) is 12.8 Å². The van der Waals surface area contributed by atoms with E-state index in [0.717, 1.165) is 6.20 Å². The zero-order valence-corrected chi connectivity index (χ0v) is 13.6. The number of rotatable bonds is 4. The van der Waals surface area contributed by atoms with E-state index in [4.69, 9.17) is 10.5 Å². The number of H-pyrrole nitrogens is 1. The van der Waals surface area contributed by atoms with E-state index in [1.807, 2.05) is 0 Å². The van der Waals surface area contributed by atoms with Crippen LogP contribution < -0.4 is 5.73 Å². The number of aliphatic hydroxyl groups is 3. The minimum absolute atomic E-state index is 0.0157. The number of carboxylic acids is 1. The minimum Gasteiger partial charge on any atom is -0.478 e. The normalized spacial score (nSPS) is 25.3. The van der Waals surface area contributed by atoms with Crippen molar-refractivity contribution in [3.8, 4) is 11.5 Å². The Kier molecular flexibility index (Phi) is 4.00. The van der Waals surface area contributed by atoms with Crippen molar-refractivity contribution in [1.29, 1.82) is 0 Å². The molecule has 0 bridgehead atoms. The summed E-state index contributed by atoms with van der Waals surface area (Å²) in [4.78, 5) is 23.7. The number of fused-ring (bicyclic) bond motifs is 1. The number of aromatic nitrogens is 6. The van der Waals surface area contributed by atoms with Gasteiger partial charge in [0.1, 0.15) is 35.9 Å². The van der Waals surface area contributed by atoms with Crippen LogP contribution in [0, 0.1) is 0 Å². The lowest BCUT2D eigenvalue weighted by Gasteiger charge is -2.19. The monoisotopic (exact) mass is 377 g/mol. The molecule has 0 spiro atoms. The first-order valence-corrected chi connectivity index (χ1v) is 7.82. The summed E-state index contributed by atoms with van der Waals surface area (Å²) in [6.07, 6.45) is -2.79. The number of aromatic carboxylic acids is 1. The number of hydrogen-bond donors (Lipinski definition) is 6. The summed E-state index contributed by atoms with van der Waals surface area (Å²) in [6, 6.07) is 0. The fourth-order valence-corrected chi connectivity index (χ4v) is 3.06. The highest BCUT2D eigenvalue weighted by atomic mass is 16.6. The number of nitrogens with one attached hydrogen (secondary N) is 1. The third-order valence-electron chi connectivity index (χ3n) is 4.37. The molecule has 7 N–H and O–H groups in total. The minimum atomic E-state index is -1.44. The van der Waals surface area contributed by atoms with E-state index in [9.17, 15) is 25.2 Å². The van der Waals surface area contributed by atoms with Gasteiger partial charge in [0, 0.05) is 0 Å². The van der Waals surface area contributed by atoms with Crippen LogP contribution in [0.1, 0.15) is 16.6 Å². The van der Waals surface area contributed by atoms with Gasteiger partial charge in [0.15, 0.2) is 29.0 Å². The van der Waals surface area contributed by atoms with Crippen molar-refractivity contribution in [2.75, 3.05) is 12.3 Å².